The number of nitrogens with one attached hydrogen (secondary N) is 1. The Morgan fingerprint density at radius 2 is 2.14 bits per heavy atom. The van der Waals surface area contributed by atoms with Crippen LogP contribution >= 0.6 is 24.0 Å². The number of halogens is 1. The molecule has 1 fully saturated rings. The van der Waals surface area contributed by atoms with Crippen molar-refractivity contribution < 1.29 is 4.21 Å². The number of nitrogens with zero attached hydrogens (tertiary/aromatic N) is 4. The Kier molecular flexibility index (Phi) is 9.43. The molecule has 1 saturated heterocycles. The Bertz CT molecular complexity index is 753. The van der Waals surface area contributed by atoms with Gasteiger partial charge in [-0.2, -0.15) is 0 Å². The second kappa shape index (κ2) is 11.5. The fourth-order valence-electron chi connectivity index (χ4n) is 3.45. The minimum absolute atomic E-state index is 0. The first-order chi connectivity index (χ1) is 13.2. The molecule has 0 spiro atoms. The van der Waals surface area contributed by atoms with E-state index in [2.05, 4.69) is 33.6 Å². The molecule has 154 valence electrons. The molecule has 1 aromatic carbocycles. The number of imidazole rings is 1. The van der Waals surface area contributed by atoms with Gasteiger partial charge in [0.05, 0.1) is 29.7 Å². The van der Waals surface area contributed by atoms with Crippen LogP contribution in [0.3, 0.4) is 0 Å². The van der Waals surface area contributed by atoms with Gasteiger partial charge in [-0.3, -0.25) is 9.20 Å². The molecule has 2 aromatic rings. The summed E-state index contributed by atoms with van der Waals surface area (Å²) in [6.45, 7) is 7.64. The number of aliphatic imine (C=N–C) groups is 1. The fraction of sp³-hybridized carbons (Fsp3) is 0.500. The highest BCUT2D eigenvalue weighted by atomic mass is 127. The minimum atomic E-state index is -1.01. The van der Waals surface area contributed by atoms with E-state index < -0.39 is 10.8 Å². The van der Waals surface area contributed by atoms with Crippen LogP contribution in [-0.2, 0) is 10.8 Å². The zero-order valence-electron chi connectivity index (χ0n) is 16.5. The van der Waals surface area contributed by atoms with Gasteiger partial charge in [-0.15, -0.1) is 24.0 Å². The van der Waals surface area contributed by atoms with Crippen LogP contribution in [0.15, 0.2) is 58.9 Å². The van der Waals surface area contributed by atoms with E-state index in [4.69, 9.17) is 4.99 Å². The van der Waals surface area contributed by atoms with Gasteiger partial charge in [0.15, 0.2) is 5.96 Å². The molecule has 8 heteroatoms. The molecule has 1 aromatic heterocycles. The second-order valence-corrected chi connectivity index (χ2v) is 8.46. The molecule has 0 radical (unpaired) electrons. The lowest BCUT2D eigenvalue weighted by atomic mass is 9.93. The van der Waals surface area contributed by atoms with Crippen LogP contribution in [0, 0.1) is 5.92 Å². The highest BCUT2D eigenvalue weighted by Crippen LogP contribution is 2.27. The monoisotopic (exact) mass is 515 g/mol. The van der Waals surface area contributed by atoms with Gasteiger partial charge in [0.1, 0.15) is 0 Å². The number of aromatic nitrogens is 2. The van der Waals surface area contributed by atoms with Crippen LogP contribution in [0.1, 0.15) is 26.3 Å². The Morgan fingerprint density at radius 3 is 2.82 bits per heavy atom. The summed E-state index contributed by atoms with van der Waals surface area (Å²) in [5.74, 6) is 2.05. The zero-order chi connectivity index (χ0) is 19.1. The molecule has 2 heterocycles. The predicted molar refractivity (Wildman–Crippen MR) is 126 cm³/mol. The largest absolute Gasteiger partial charge is 0.357 e. The lowest BCUT2D eigenvalue weighted by Gasteiger charge is -2.39. The number of hydrogen-bond acceptors (Lipinski definition) is 3. The molecule has 0 bridgehead atoms. The van der Waals surface area contributed by atoms with Crippen molar-refractivity contribution in [2.75, 3.05) is 31.9 Å². The Hall–Kier alpha value is -1.42. The molecule has 3 rings (SSSR count). The Labute approximate surface area is 187 Å². The summed E-state index contributed by atoms with van der Waals surface area (Å²) in [4.78, 5) is 12.1. The van der Waals surface area contributed by atoms with Gasteiger partial charge in [0, 0.05) is 42.7 Å². The summed E-state index contributed by atoms with van der Waals surface area (Å²) in [6, 6.07) is 10.00. The Balaban J connectivity index is 0.00000280. The van der Waals surface area contributed by atoms with Crippen molar-refractivity contribution in [3.8, 4) is 0 Å². The van der Waals surface area contributed by atoms with Gasteiger partial charge in [0.2, 0.25) is 0 Å². The normalized spacial score (nSPS) is 21.1. The number of guanidine groups is 1. The third-order valence-electron chi connectivity index (χ3n) is 5.01. The maximum atomic E-state index is 12.4. The van der Waals surface area contributed by atoms with E-state index in [9.17, 15) is 4.21 Å². The van der Waals surface area contributed by atoms with Gasteiger partial charge in [-0.05, 0) is 31.4 Å². The van der Waals surface area contributed by atoms with Crippen molar-refractivity contribution in [1.82, 2.24) is 19.8 Å². The number of benzene rings is 1. The van der Waals surface area contributed by atoms with Crippen molar-refractivity contribution in [3.05, 3.63) is 49.1 Å². The lowest BCUT2D eigenvalue weighted by molar-refractivity contribution is 0.189. The molecule has 0 aliphatic carbocycles. The number of piperidine rings is 1. The highest BCUT2D eigenvalue weighted by molar-refractivity contribution is 14.0. The van der Waals surface area contributed by atoms with Crippen molar-refractivity contribution >= 4 is 40.7 Å². The number of hydrogen-bond donors (Lipinski definition) is 1. The first-order valence-electron chi connectivity index (χ1n) is 9.63. The molecule has 3 atom stereocenters. The molecule has 0 amide bonds. The molecule has 1 aliphatic rings. The van der Waals surface area contributed by atoms with E-state index in [0.717, 1.165) is 36.9 Å². The van der Waals surface area contributed by atoms with Gasteiger partial charge >= 0.3 is 0 Å². The molecule has 28 heavy (non-hydrogen) atoms. The van der Waals surface area contributed by atoms with E-state index in [-0.39, 0.29) is 24.0 Å². The molecular weight excluding hydrogens is 485 g/mol. The van der Waals surface area contributed by atoms with Crippen LogP contribution in [-0.4, -0.2) is 56.6 Å². The summed E-state index contributed by atoms with van der Waals surface area (Å²) in [5, 5.41) is 3.40. The standard InChI is InChI=1S/C20H29N5OS.HI/c1-3-22-20(23-11-14-27(26)18-7-5-4-6-8-18)24-12-9-17(2)19(15-24)25-13-10-21-16-25;/h4-8,10,13,16-17,19H,3,9,11-12,14-15H2,1-2H3,(H,22,23);1H. The first-order valence-corrected chi connectivity index (χ1v) is 10.9. The van der Waals surface area contributed by atoms with E-state index in [0.29, 0.717) is 24.3 Å². The summed E-state index contributed by atoms with van der Waals surface area (Å²) >= 11 is 0. The van der Waals surface area contributed by atoms with Gasteiger partial charge < -0.3 is 14.8 Å². The lowest BCUT2D eigenvalue weighted by Crippen LogP contribution is -2.49. The first kappa shape index (κ1) is 22.9. The smallest absolute Gasteiger partial charge is 0.194 e. The van der Waals surface area contributed by atoms with Crippen molar-refractivity contribution in [2.45, 2.75) is 31.2 Å². The van der Waals surface area contributed by atoms with E-state index >= 15 is 0 Å². The van der Waals surface area contributed by atoms with E-state index in [1.165, 1.54) is 0 Å². The molecule has 3 unspecified atom stereocenters. The van der Waals surface area contributed by atoms with Crippen LogP contribution in [0.2, 0.25) is 0 Å². The summed E-state index contributed by atoms with van der Waals surface area (Å²) in [6.07, 6.45) is 6.89. The molecule has 0 saturated carbocycles. The van der Waals surface area contributed by atoms with Gasteiger partial charge in [-0.1, -0.05) is 25.1 Å². The topological polar surface area (TPSA) is 62.5 Å². The third kappa shape index (κ3) is 6.04. The van der Waals surface area contributed by atoms with Gasteiger partial charge in [-0.25, -0.2) is 4.98 Å². The van der Waals surface area contributed by atoms with E-state index in [1.807, 2.05) is 49.1 Å². The fourth-order valence-corrected chi connectivity index (χ4v) is 4.40. The maximum Gasteiger partial charge on any atom is 0.194 e. The third-order valence-corrected chi connectivity index (χ3v) is 6.36. The Morgan fingerprint density at radius 1 is 1.36 bits per heavy atom. The van der Waals surface area contributed by atoms with Crippen LogP contribution in [0.5, 0.6) is 0 Å². The summed E-state index contributed by atoms with van der Waals surface area (Å²) in [5.41, 5.74) is 0. The van der Waals surface area contributed by atoms with Crippen LogP contribution in [0.25, 0.3) is 0 Å². The average molecular weight is 515 g/mol. The SMILES string of the molecule is CCNC(=NCCS(=O)c1ccccc1)N1CCC(C)C(n2ccnc2)C1.I. The molecule has 1 aliphatic heterocycles. The second-order valence-electron chi connectivity index (χ2n) is 6.89. The maximum absolute atomic E-state index is 12.4. The zero-order valence-corrected chi connectivity index (χ0v) is 19.7. The summed E-state index contributed by atoms with van der Waals surface area (Å²) in [7, 11) is -1.01. The average Bonchev–Trinajstić information content (AvgIpc) is 3.23. The molecular formula is C20H30IN5OS. The number of rotatable bonds is 6. The minimum Gasteiger partial charge on any atom is -0.357 e. The van der Waals surface area contributed by atoms with Crippen molar-refractivity contribution in [1.29, 1.82) is 0 Å². The molecule has 6 nitrogen and oxygen atoms in total. The molecule has 1 N–H and O–H groups in total. The highest BCUT2D eigenvalue weighted by Gasteiger charge is 2.28. The van der Waals surface area contributed by atoms with Crippen molar-refractivity contribution in [2.24, 2.45) is 10.9 Å². The summed E-state index contributed by atoms with van der Waals surface area (Å²) < 4.78 is 14.6. The van der Waals surface area contributed by atoms with Crippen LogP contribution < -0.4 is 5.32 Å². The van der Waals surface area contributed by atoms with Crippen molar-refractivity contribution in [3.63, 3.8) is 0 Å². The van der Waals surface area contributed by atoms with Crippen LogP contribution in [0.4, 0.5) is 0 Å². The van der Waals surface area contributed by atoms with Gasteiger partial charge in [0.25, 0.3) is 0 Å². The predicted octanol–water partition coefficient (Wildman–Crippen LogP) is 3.16. The quantitative estimate of drug-likeness (QED) is 0.365. The van der Waals surface area contributed by atoms with E-state index in [1.54, 1.807) is 0 Å². The number of likely N-dealkylation sites (tertiary alicyclic amines) is 1.